The fourth-order valence-corrected chi connectivity index (χ4v) is 2.75. The molecule has 2 aromatic carbocycles. The van der Waals surface area contributed by atoms with Gasteiger partial charge in [-0.25, -0.2) is 13.6 Å². The highest BCUT2D eigenvalue weighted by Crippen LogP contribution is 2.26. The van der Waals surface area contributed by atoms with Crippen molar-refractivity contribution in [2.24, 2.45) is 0 Å². The van der Waals surface area contributed by atoms with Crippen molar-refractivity contribution in [1.29, 1.82) is 0 Å². The van der Waals surface area contributed by atoms with Crippen molar-refractivity contribution in [1.82, 2.24) is 5.32 Å². The van der Waals surface area contributed by atoms with Gasteiger partial charge in [-0.3, -0.25) is 4.90 Å². The standard InChI is InChI=1S/C18H18F2N2O2/c19-14-7-8-17(15(20)12-14)24-11-9-21-18(23)22-10-3-5-13-4-1-2-6-16(13)22/h1-2,4,6-8,12H,3,5,9-11H2,(H,21,23). The molecule has 0 unspecified atom stereocenters. The first-order valence-corrected chi connectivity index (χ1v) is 7.86. The molecule has 0 atom stereocenters. The Balaban J connectivity index is 1.51. The van der Waals surface area contributed by atoms with E-state index in [1.807, 2.05) is 24.3 Å². The van der Waals surface area contributed by atoms with Gasteiger partial charge in [0, 0.05) is 18.3 Å². The number of fused-ring (bicyclic) bond motifs is 1. The molecule has 0 saturated carbocycles. The summed E-state index contributed by atoms with van der Waals surface area (Å²) in [6, 6.07) is 10.7. The fraction of sp³-hybridized carbons (Fsp3) is 0.278. The number of hydrogen-bond donors (Lipinski definition) is 1. The number of nitrogens with zero attached hydrogens (tertiary/aromatic N) is 1. The van der Waals surface area contributed by atoms with Gasteiger partial charge in [0.25, 0.3) is 0 Å². The van der Waals surface area contributed by atoms with E-state index in [4.69, 9.17) is 4.74 Å². The van der Waals surface area contributed by atoms with Crippen molar-refractivity contribution in [2.45, 2.75) is 12.8 Å². The first-order valence-electron chi connectivity index (χ1n) is 7.86. The maximum atomic E-state index is 13.4. The van der Waals surface area contributed by atoms with Gasteiger partial charge < -0.3 is 10.1 Å². The molecule has 6 heteroatoms. The number of ether oxygens (including phenoxy) is 1. The number of urea groups is 1. The average Bonchev–Trinajstić information content (AvgIpc) is 2.59. The zero-order valence-electron chi connectivity index (χ0n) is 13.1. The first-order chi connectivity index (χ1) is 11.6. The Morgan fingerprint density at radius 1 is 1.21 bits per heavy atom. The number of benzene rings is 2. The molecule has 3 rings (SSSR count). The van der Waals surface area contributed by atoms with Gasteiger partial charge in [-0.05, 0) is 36.6 Å². The molecule has 126 valence electrons. The molecular weight excluding hydrogens is 314 g/mol. The van der Waals surface area contributed by atoms with Crippen LogP contribution >= 0.6 is 0 Å². The molecule has 0 aliphatic carbocycles. The summed E-state index contributed by atoms with van der Waals surface area (Å²) in [6.45, 7) is 0.994. The number of carbonyl (C=O) groups is 1. The highest BCUT2D eigenvalue weighted by Gasteiger charge is 2.21. The zero-order chi connectivity index (χ0) is 16.9. The van der Waals surface area contributed by atoms with Crippen LogP contribution in [0.2, 0.25) is 0 Å². The van der Waals surface area contributed by atoms with Gasteiger partial charge >= 0.3 is 6.03 Å². The molecule has 2 amide bonds. The Morgan fingerprint density at radius 3 is 2.88 bits per heavy atom. The summed E-state index contributed by atoms with van der Waals surface area (Å²) >= 11 is 0. The van der Waals surface area contributed by atoms with Crippen molar-refractivity contribution in [3.63, 3.8) is 0 Å². The molecule has 0 saturated heterocycles. The Labute approximate surface area is 139 Å². The van der Waals surface area contributed by atoms with E-state index in [2.05, 4.69) is 5.32 Å². The van der Waals surface area contributed by atoms with Gasteiger partial charge in [-0.2, -0.15) is 0 Å². The van der Waals surface area contributed by atoms with E-state index in [0.717, 1.165) is 36.2 Å². The molecule has 1 heterocycles. The lowest BCUT2D eigenvalue weighted by Crippen LogP contribution is -2.44. The minimum atomic E-state index is -0.758. The Kier molecular flexibility index (Phi) is 4.93. The second-order valence-electron chi connectivity index (χ2n) is 5.54. The van der Waals surface area contributed by atoms with Crippen LogP contribution in [0.25, 0.3) is 0 Å². The quantitative estimate of drug-likeness (QED) is 0.871. The average molecular weight is 332 g/mol. The number of halogens is 2. The smallest absolute Gasteiger partial charge is 0.321 e. The molecular formula is C18H18F2N2O2. The van der Waals surface area contributed by atoms with Crippen LogP contribution in [-0.2, 0) is 6.42 Å². The number of carbonyl (C=O) groups excluding carboxylic acids is 1. The van der Waals surface area contributed by atoms with Gasteiger partial charge in [-0.15, -0.1) is 0 Å². The highest BCUT2D eigenvalue weighted by atomic mass is 19.1. The van der Waals surface area contributed by atoms with E-state index in [9.17, 15) is 13.6 Å². The Bertz CT molecular complexity index is 737. The van der Waals surface area contributed by atoms with E-state index in [-0.39, 0.29) is 24.9 Å². The Morgan fingerprint density at radius 2 is 2.04 bits per heavy atom. The van der Waals surface area contributed by atoms with Crippen LogP contribution in [0.1, 0.15) is 12.0 Å². The maximum Gasteiger partial charge on any atom is 0.321 e. The van der Waals surface area contributed by atoms with Gasteiger partial charge in [0.1, 0.15) is 12.4 Å². The molecule has 2 aromatic rings. The lowest BCUT2D eigenvalue weighted by atomic mass is 10.0. The van der Waals surface area contributed by atoms with Gasteiger partial charge in [0.2, 0.25) is 0 Å². The van der Waals surface area contributed by atoms with Crippen LogP contribution in [0.15, 0.2) is 42.5 Å². The lowest BCUT2D eigenvalue weighted by molar-refractivity contribution is 0.240. The minimum absolute atomic E-state index is 0.0334. The number of aryl methyl sites for hydroxylation is 1. The van der Waals surface area contributed by atoms with Crippen molar-refractivity contribution >= 4 is 11.7 Å². The van der Waals surface area contributed by atoms with Crippen LogP contribution in [0.3, 0.4) is 0 Å². The molecule has 0 spiro atoms. The number of amides is 2. The third kappa shape index (κ3) is 3.64. The van der Waals surface area contributed by atoms with Gasteiger partial charge in [0.15, 0.2) is 11.6 Å². The highest BCUT2D eigenvalue weighted by molar-refractivity contribution is 5.93. The SMILES string of the molecule is O=C(NCCOc1ccc(F)cc1F)N1CCCc2ccccc21. The molecule has 1 aliphatic rings. The number of para-hydroxylation sites is 1. The molecule has 0 fully saturated rings. The molecule has 1 aliphatic heterocycles. The molecule has 1 N–H and O–H groups in total. The van der Waals surface area contributed by atoms with Gasteiger partial charge in [-0.1, -0.05) is 18.2 Å². The second kappa shape index (κ2) is 7.29. The van der Waals surface area contributed by atoms with Crippen LogP contribution < -0.4 is 15.0 Å². The van der Waals surface area contributed by atoms with Gasteiger partial charge in [0.05, 0.1) is 6.54 Å². The summed E-state index contributed by atoms with van der Waals surface area (Å²) in [5, 5.41) is 2.76. The summed E-state index contributed by atoms with van der Waals surface area (Å²) < 4.78 is 31.5. The van der Waals surface area contributed by atoms with E-state index < -0.39 is 11.6 Å². The number of nitrogens with one attached hydrogen (secondary N) is 1. The van der Waals surface area contributed by atoms with Crippen molar-refractivity contribution < 1.29 is 18.3 Å². The van der Waals surface area contributed by atoms with E-state index >= 15 is 0 Å². The Hall–Kier alpha value is -2.63. The normalized spacial score (nSPS) is 13.3. The predicted molar refractivity (Wildman–Crippen MR) is 87.4 cm³/mol. The van der Waals surface area contributed by atoms with Crippen LogP contribution in [0.4, 0.5) is 19.3 Å². The molecule has 4 nitrogen and oxygen atoms in total. The first kappa shape index (κ1) is 16.2. The lowest BCUT2D eigenvalue weighted by Gasteiger charge is -2.29. The van der Waals surface area contributed by atoms with E-state index in [1.165, 1.54) is 6.07 Å². The van der Waals surface area contributed by atoms with Crippen molar-refractivity contribution in [3.8, 4) is 5.75 Å². The topological polar surface area (TPSA) is 41.6 Å². The molecule has 0 aromatic heterocycles. The third-order valence-electron chi connectivity index (χ3n) is 3.89. The summed E-state index contributed by atoms with van der Waals surface area (Å²) in [5.74, 6) is -1.45. The number of rotatable bonds is 4. The largest absolute Gasteiger partial charge is 0.489 e. The monoisotopic (exact) mass is 332 g/mol. The number of anilines is 1. The summed E-state index contributed by atoms with van der Waals surface area (Å²) in [6.07, 6.45) is 1.88. The fourth-order valence-electron chi connectivity index (χ4n) is 2.75. The third-order valence-corrected chi connectivity index (χ3v) is 3.89. The summed E-state index contributed by atoms with van der Waals surface area (Å²) in [5.41, 5.74) is 2.08. The van der Waals surface area contributed by atoms with Crippen LogP contribution in [0, 0.1) is 11.6 Å². The minimum Gasteiger partial charge on any atom is -0.489 e. The second-order valence-corrected chi connectivity index (χ2v) is 5.54. The predicted octanol–water partition coefficient (Wildman–Crippen LogP) is 3.51. The number of hydrogen-bond acceptors (Lipinski definition) is 2. The molecule has 0 radical (unpaired) electrons. The van der Waals surface area contributed by atoms with Crippen molar-refractivity contribution in [2.75, 3.05) is 24.6 Å². The van der Waals surface area contributed by atoms with Crippen molar-refractivity contribution in [3.05, 3.63) is 59.7 Å². The van der Waals surface area contributed by atoms with E-state index in [1.54, 1.807) is 4.90 Å². The molecule has 0 bridgehead atoms. The van der Waals surface area contributed by atoms with Crippen LogP contribution in [-0.4, -0.2) is 25.7 Å². The van der Waals surface area contributed by atoms with E-state index in [0.29, 0.717) is 6.54 Å². The zero-order valence-corrected chi connectivity index (χ0v) is 13.1. The molecule has 24 heavy (non-hydrogen) atoms. The summed E-state index contributed by atoms with van der Waals surface area (Å²) in [4.78, 5) is 14.0. The van der Waals surface area contributed by atoms with Crippen LogP contribution in [0.5, 0.6) is 5.75 Å². The summed E-state index contributed by atoms with van der Waals surface area (Å²) in [7, 11) is 0. The maximum absolute atomic E-state index is 13.4.